The number of benzene rings is 1. The van der Waals surface area contributed by atoms with E-state index in [4.69, 9.17) is 10.5 Å². The molecule has 8 heteroatoms. The second kappa shape index (κ2) is 9.32. The number of carbonyl (C=O) groups is 2. The molecule has 2 aliphatic heterocycles. The Kier molecular flexibility index (Phi) is 6.35. The van der Waals surface area contributed by atoms with Gasteiger partial charge < -0.3 is 15.4 Å². The fourth-order valence-electron chi connectivity index (χ4n) is 4.22. The second-order valence-corrected chi connectivity index (χ2v) is 7.80. The van der Waals surface area contributed by atoms with Crippen LogP contribution in [-0.4, -0.2) is 77.5 Å². The molecule has 1 aromatic carbocycles. The molecule has 1 atom stereocenters. The van der Waals surface area contributed by atoms with Crippen molar-refractivity contribution in [3.63, 3.8) is 0 Å². The number of amides is 2. The second-order valence-electron chi connectivity index (χ2n) is 7.80. The molecule has 0 bridgehead atoms. The molecule has 4 rings (SSSR count). The summed E-state index contributed by atoms with van der Waals surface area (Å²) in [7, 11) is 0. The van der Waals surface area contributed by atoms with Crippen LogP contribution in [-0.2, 0) is 9.53 Å². The van der Waals surface area contributed by atoms with Crippen LogP contribution in [0.3, 0.4) is 0 Å². The first kappa shape index (κ1) is 20.4. The van der Waals surface area contributed by atoms with Crippen LogP contribution < -0.4 is 5.73 Å². The highest BCUT2D eigenvalue weighted by atomic mass is 16.5. The van der Waals surface area contributed by atoms with E-state index in [1.165, 1.54) is 0 Å². The molecule has 2 aromatic rings. The van der Waals surface area contributed by atoms with Gasteiger partial charge in [0.15, 0.2) is 0 Å². The first-order chi connectivity index (χ1) is 14.6. The Balaban J connectivity index is 1.51. The molecule has 1 unspecified atom stereocenters. The van der Waals surface area contributed by atoms with Gasteiger partial charge in [0.1, 0.15) is 0 Å². The van der Waals surface area contributed by atoms with Gasteiger partial charge in [-0.2, -0.15) is 0 Å². The van der Waals surface area contributed by atoms with Crippen LogP contribution in [0, 0.1) is 0 Å². The molecule has 0 spiro atoms. The molecule has 2 amide bonds. The molecule has 30 heavy (non-hydrogen) atoms. The molecule has 2 saturated heterocycles. The zero-order valence-electron chi connectivity index (χ0n) is 17.0. The van der Waals surface area contributed by atoms with E-state index in [0.29, 0.717) is 38.4 Å². The highest BCUT2D eigenvalue weighted by molar-refractivity contribution is 5.94. The van der Waals surface area contributed by atoms with Gasteiger partial charge in [0.25, 0.3) is 0 Å². The van der Waals surface area contributed by atoms with E-state index in [9.17, 15) is 9.59 Å². The third kappa shape index (κ3) is 4.66. The highest BCUT2D eigenvalue weighted by Gasteiger charge is 2.28. The van der Waals surface area contributed by atoms with E-state index in [2.05, 4.69) is 14.9 Å². The molecular formula is C22H27N5O3. The van der Waals surface area contributed by atoms with Gasteiger partial charge in [-0.15, -0.1) is 0 Å². The quantitative estimate of drug-likeness (QED) is 0.798. The molecule has 2 N–H and O–H groups in total. The van der Waals surface area contributed by atoms with Crippen molar-refractivity contribution >= 4 is 11.8 Å². The lowest BCUT2D eigenvalue weighted by Gasteiger charge is -2.34. The number of morpholine rings is 1. The summed E-state index contributed by atoms with van der Waals surface area (Å²) < 4.78 is 5.34. The van der Waals surface area contributed by atoms with Gasteiger partial charge in [0.05, 0.1) is 31.1 Å². The van der Waals surface area contributed by atoms with E-state index in [0.717, 1.165) is 42.9 Å². The third-order valence-corrected chi connectivity index (χ3v) is 5.76. The van der Waals surface area contributed by atoms with Crippen LogP contribution in [0.2, 0.25) is 0 Å². The van der Waals surface area contributed by atoms with Gasteiger partial charge in [-0.25, -0.2) is 0 Å². The lowest BCUT2D eigenvalue weighted by Crippen LogP contribution is -2.47. The van der Waals surface area contributed by atoms with Crippen LogP contribution in [0.1, 0.15) is 34.8 Å². The number of rotatable bonds is 5. The Labute approximate surface area is 176 Å². The minimum Gasteiger partial charge on any atom is -0.378 e. The molecule has 1 aromatic heterocycles. The van der Waals surface area contributed by atoms with E-state index in [1.54, 1.807) is 24.5 Å². The SMILES string of the molecule is NC(=O)c1cccc(-c2nccnc2C2CCCN(CC(=O)N3CCOCC3)C2)c1. The predicted molar refractivity (Wildman–Crippen MR) is 112 cm³/mol. The summed E-state index contributed by atoms with van der Waals surface area (Å²) in [5.41, 5.74) is 8.40. The van der Waals surface area contributed by atoms with Crippen LogP contribution in [0.4, 0.5) is 0 Å². The number of nitrogens with zero attached hydrogens (tertiary/aromatic N) is 4. The van der Waals surface area contributed by atoms with Crippen molar-refractivity contribution in [2.75, 3.05) is 45.9 Å². The van der Waals surface area contributed by atoms with E-state index < -0.39 is 5.91 Å². The number of likely N-dealkylation sites (tertiary alicyclic amines) is 1. The molecule has 158 valence electrons. The zero-order chi connectivity index (χ0) is 20.9. The van der Waals surface area contributed by atoms with Gasteiger partial charge in [0.2, 0.25) is 11.8 Å². The number of aromatic nitrogens is 2. The Morgan fingerprint density at radius 1 is 1.13 bits per heavy atom. The van der Waals surface area contributed by atoms with Gasteiger partial charge in [-0.05, 0) is 31.5 Å². The van der Waals surface area contributed by atoms with Crippen molar-refractivity contribution in [1.82, 2.24) is 19.8 Å². The summed E-state index contributed by atoms with van der Waals surface area (Å²) in [6.45, 7) is 4.64. The Bertz CT molecular complexity index is 913. The average Bonchev–Trinajstić information content (AvgIpc) is 2.80. The number of hydrogen-bond donors (Lipinski definition) is 1. The molecule has 0 radical (unpaired) electrons. The van der Waals surface area contributed by atoms with Crippen molar-refractivity contribution in [1.29, 1.82) is 0 Å². The van der Waals surface area contributed by atoms with Gasteiger partial charge in [0, 0.05) is 49.1 Å². The molecule has 0 saturated carbocycles. The lowest BCUT2D eigenvalue weighted by atomic mass is 9.91. The topological polar surface area (TPSA) is 102 Å². The minimum atomic E-state index is -0.465. The maximum absolute atomic E-state index is 12.7. The van der Waals surface area contributed by atoms with Crippen molar-refractivity contribution in [2.45, 2.75) is 18.8 Å². The number of hydrogen-bond acceptors (Lipinski definition) is 6. The van der Waals surface area contributed by atoms with Crippen molar-refractivity contribution in [3.8, 4) is 11.3 Å². The normalized spacial score (nSPS) is 20.1. The maximum atomic E-state index is 12.7. The summed E-state index contributed by atoms with van der Waals surface area (Å²) in [5, 5.41) is 0. The van der Waals surface area contributed by atoms with Crippen LogP contribution in [0.5, 0.6) is 0 Å². The van der Waals surface area contributed by atoms with Gasteiger partial charge in [-0.1, -0.05) is 12.1 Å². The van der Waals surface area contributed by atoms with E-state index in [1.807, 2.05) is 17.0 Å². The number of nitrogens with two attached hydrogens (primary N) is 1. The first-order valence-corrected chi connectivity index (χ1v) is 10.4. The number of carbonyl (C=O) groups excluding carboxylic acids is 2. The largest absolute Gasteiger partial charge is 0.378 e. The monoisotopic (exact) mass is 409 g/mol. The summed E-state index contributed by atoms with van der Waals surface area (Å²) in [6.07, 6.45) is 5.36. The van der Waals surface area contributed by atoms with Crippen LogP contribution in [0.15, 0.2) is 36.7 Å². The van der Waals surface area contributed by atoms with Crippen LogP contribution >= 0.6 is 0 Å². The number of piperidine rings is 1. The molecule has 0 aliphatic carbocycles. The fourth-order valence-corrected chi connectivity index (χ4v) is 4.22. The maximum Gasteiger partial charge on any atom is 0.248 e. The summed E-state index contributed by atoms with van der Waals surface area (Å²) in [5.74, 6) is -0.127. The Morgan fingerprint density at radius 3 is 2.73 bits per heavy atom. The summed E-state index contributed by atoms with van der Waals surface area (Å²) >= 11 is 0. The lowest BCUT2D eigenvalue weighted by molar-refractivity contribution is -0.136. The molecule has 2 aliphatic rings. The standard InChI is InChI=1S/C22H27N5O3/c23-22(29)17-4-1-3-16(13-17)20-21(25-7-6-24-20)18-5-2-8-26(14-18)15-19(28)27-9-11-30-12-10-27/h1,3-4,6-7,13,18H,2,5,8-12,14-15H2,(H2,23,29). The first-order valence-electron chi connectivity index (χ1n) is 10.4. The highest BCUT2D eigenvalue weighted by Crippen LogP contribution is 2.32. The van der Waals surface area contributed by atoms with Gasteiger partial charge in [-0.3, -0.25) is 24.5 Å². The number of primary amides is 1. The third-order valence-electron chi connectivity index (χ3n) is 5.76. The molecule has 3 heterocycles. The van der Waals surface area contributed by atoms with Crippen molar-refractivity contribution in [2.24, 2.45) is 5.73 Å². The van der Waals surface area contributed by atoms with Crippen molar-refractivity contribution < 1.29 is 14.3 Å². The number of ether oxygens (including phenoxy) is 1. The Hall–Kier alpha value is -2.84. The minimum absolute atomic E-state index is 0.160. The predicted octanol–water partition coefficient (Wildman–Crippen LogP) is 1.28. The summed E-state index contributed by atoms with van der Waals surface area (Å²) in [4.78, 5) is 37.5. The van der Waals surface area contributed by atoms with Crippen LogP contribution in [0.25, 0.3) is 11.3 Å². The van der Waals surface area contributed by atoms with Crippen molar-refractivity contribution in [3.05, 3.63) is 47.9 Å². The van der Waals surface area contributed by atoms with E-state index >= 15 is 0 Å². The summed E-state index contributed by atoms with van der Waals surface area (Å²) in [6, 6.07) is 7.18. The molecule has 8 nitrogen and oxygen atoms in total. The zero-order valence-corrected chi connectivity index (χ0v) is 17.0. The average molecular weight is 409 g/mol. The Morgan fingerprint density at radius 2 is 1.93 bits per heavy atom. The van der Waals surface area contributed by atoms with E-state index in [-0.39, 0.29) is 11.8 Å². The smallest absolute Gasteiger partial charge is 0.248 e. The molecule has 2 fully saturated rings. The fraction of sp³-hybridized carbons (Fsp3) is 0.455. The molecular weight excluding hydrogens is 382 g/mol. The van der Waals surface area contributed by atoms with Gasteiger partial charge >= 0.3 is 0 Å².